The first kappa shape index (κ1) is 22.5. The zero-order valence-corrected chi connectivity index (χ0v) is 17.2. The van der Waals surface area contributed by atoms with Crippen molar-refractivity contribution in [2.75, 3.05) is 0 Å². The van der Waals surface area contributed by atoms with E-state index in [-0.39, 0.29) is 11.1 Å². The van der Waals surface area contributed by atoms with Crippen molar-refractivity contribution in [2.45, 2.75) is 13.0 Å². The maximum atomic E-state index is 14.8. The molecule has 0 unspecified atom stereocenters. The van der Waals surface area contributed by atoms with Crippen LogP contribution in [0.15, 0.2) is 78.9 Å². The predicted octanol–water partition coefficient (Wildman–Crippen LogP) is 8.01. The number of alkyl halides is 2. The Balaban J connectivity index is 1.66. The van der Waals surface area contributed by atoms with Crippen LogP contribution < -0.4 is 4.74 Å². The molecule has 4 aromatic rings. The van der Waals surface area contributed by atoms with Crippen molar-refractivity contribution < 1.29 is 31.1 Å². The zero-order chi connectivity index (χ0) is 23.8. The molecule has 0 aliphatic heterocycles. The zero-order valence-electron chi connectivity index (χ0n) is 17.2. The molecule has 0 amide bonds. The first-order valence-corrected chi connectivity index (χ1v) is 9.83. The average molecular weight is 458 g/mol. The fourth-order valence-electron chi connectivity index (χ4n) is 3.38. The molecule has 0 spiro atoms. The van der Waals surface area contributed by atoms with Gasteiger partial charge in [-0.1, -0.05) is 42.0 Å². The Morgan fingerprint density at radius 1 is 0.606 bits per heavy atom. The third-order valence-corrected chi connectivity index (χ3v) is 5.06. The largest absolute Gasteiger partial charge is 0.432 e. The second-order valence-electron chi connectivity index (χ2n) is 7.45. The van der Waals surface area contributed by atoms with Gasteiger partial charge in [-0.2, -0.15) is 8.78 Å². The summed E-state index contributed by atoms with van der Waals surface area (Å²) < 4.78 is 90.2. The maximum absolute atomic E-state index is 14.8. The van der Waals surface area contributed by atoms with E-state index in [9.17, 15) is 26.3 Å². The van der Waals surface area contributed by atoms with E-state index in [0.29, 0.717) is 17.7 Å². The molecule has 0 aliphatic carbocycles. The van der Waals surface area contributed by atoms with Crippen LogP contribution in [0.1, 0.15) is 11.1 Å². The van der Waals surface area contributed by atoms with Gasteiger partial charge in [0.1, 0.15) is 34.6 Å². The Morgan fingerprint density at radius 3 is 1.73 bits per heavy atom. The molecule has 0 bridgehead atoms. The highest BCUT2D eigenvalue weighted by molar-refractivity contribution is 5.71. The van der Waals surface area contributed by atoms with Gasteiger partial charge in [0.2, 0.25) is 0 Å². The number of hydrogen-bond acceptors (Lipinski definition) is 1. The summed E-state index contributed by atoms with van der Waals surface area (Å²) in [6.45, 7) is 1.91. The van der Waals surface area contributed by atoms with Gasteiger partial charge in [0, 0.05) is 5.56 Å². The topological polar surface area (TPSA) is 9.23 Å². The molecule has 0 heterocycles. The minimum atomic E-state index is -4.39. The molecule has 1 nitrogen and oxygen atoms in total. The van der Waals surface area contributed by atoms with Crippen molar-refractivity contribution in [1.82, 2.24) is 0 Å². The van der Waals surface area contributed by atoms with Crippen molar-refractivity contribution in [3.05, 3.63) is 113 Å². The number of ether oxygens (including phenoxy) is 1. The summed E-state index contributed by atoms with van der Waals surface area (Å²) in [4.78, 5) is 0. The molecular formula is C26H16F6O. The van der Waals surface area contributed by atoms with Crippen LogP contribution in [-0.4, -0.2) is 0 Å². The van der Waals surface area contributed by atoms with Crippen LogP contribution in [0.25, 0.3) is 22.3 Å². The van der Waals surface area contributed by atoms with Gasteiger partial charge in [-0.3, -0.25) is 0 Å². The van der Waals surface area contributed by atoms with E-state index in [2.05, 4.69) is 4.74 Å². The van der Waals surface area contributed by atoms with Crippen molar-refractivity contribution in [1.29, 1.82) is 0 Å². The van der Waals surface area contributed by atoms with Gasteiger partial charge in [-0.25, -0.2) is 17.6 Å². The van der Waals surface area contributed by atoms with Gasteiger partial charge in [0.05, 0.1) is 0 Å². The van der Waals surface area contributed by atoms with Crippen molar-refractivity contribution in [2.24, 2.45) is 0 Å². The molecule has 0 aromatic heterocycles. The average Bonchev–Trinajstić information content (AvgIpc) is 2.75. The predicted molar refractivity (Wildman–Crippen MR) is 113 cm³/mol. The normalized spacial score (nSPS) is 11.5. The fourth-order valence-corrected chi connectivity index (χ4v) is 3.38. The van der Waals surface area contributed by atoms with Crippen LogP contribution >= 0.6 is 0 Å². The van der Waals surface area contributed by atoms with Crippen molar-refractivity contribution in [3.63, 3.8) is 0 Å². The highest BCUT2D eigenvalue weighted by Gasteiger charge is 2.41. The quantitative estimate of drug-likeness (QED) is 0.275. The number of benzene rings is 4. The van der Waals surface area contributed by atoms with E-state index in [4.69, 9.17) is 0 Å². The molecule has 0 aliphatic rings. The van der Waals surface area contributed by atoms with Gasteiger partial charge < -0.3 is 4.74 Å². The van der Waals surface area contributed by atoms with Gasteiger partial charge in [-0.15, -0.1) is 0 Å². The molecule has 0 saturated heterocycles. The number of rotatable bonds is 5. The molecule has 7 heteroatoms. The highest BCUT2D eigenvalue weighted by Crippen LogP contribution is 2.38. The maximum Gasteiger partial charge on any atom is 0.432 e. The van der Waals surface area contributed by atoms with Crippen LogP contribution in [0.4, 0.5) is 26.3 Å². The van der Waals surface area contributed by atoms with Gasteiger partial charge in [0.25, 0.3) is 0 Å². The Hall–Kier alpha value is -3.74. The lowest BCUT2D eigenvalue weighted by Gasteiger charge is -2.20. The summed E-state index contributed by atoms with van der Waals surface area (Å²) >= 11 is 0. The van der Waals surface area contributed by atoms with E-state index >= 15 is 0 Å². The Bertz CT molecular complexity index is 1270. The van der Waals surface area contributed by atoms with Gasteiger partial charge >= 0.3 is 6.11 Å². The van der Waals surface area contributed by atoms with Crippen LogP contribution in [0.2, 0.25) is 0 Å². The molecule has 0 N–H and O–H groups in total. The lowest BCUT2D eigenvalue weighted by Crippen LogP contribution is -2.25. The SMILES string of the molecule is Cc1ccc(-c2ccc(-c3cc(F)c(C(F)(F)Oc4ccc(F)cc4)c(F)c3)c(F)c2)cc1. The smallest absolute Gasteiger partial charge is 0.429 e. The molecule has 4 aromatic carbocycles. The molecule has 0 radical (unpaired) electrons. The standard InChI is InChI=1S/C26H16F6O/c1-15-2-4-16(5-3-15)17-6-11-21(22(28)12-17)18-13-23(29)25(24(30)14-18)26(31,32)33-20-9-7-19(27)8-10-20/h2-14H,1H3. The van der Waals surface area contributed by atoms with E-state index in [1.165, 1.54) is 12.1 Å². The summed E-state index contributed by atoms with van der Waals surface area (Å²) in [6.07, 6.45) is -4.39. The minimum Gasteiger partial charge on any atom is -0.429 e. The van der Waals surface area contributed by atoms with E-state index in [0.717, 1.165) is 35.4 Å². The van der Waals surface area contributed by atoms with E-state index in [1.54, 1.807) is 18.2 Å². The van der Waals surface area contributed by atoms with E-state index < -0.39 is 40.7 Å². The van der Waals surface area contributed by atoms with Gasteiger partial charge in [-0.05, 0) is 66.1 Å². The molecule has 4 rings (SSSR count). The first-order valence-electron chi connectivity index (χ1n) is 9.83. The van der Waals surface area contributed by atoms with Crippen molar-refractivity contribution >= 4 is 0 Å². The number of halogens is 6. The second-order valence-corrected chi connectivity index (χ2v) is 7.45. The second kappa shape index (κ2) is 8.65. The summed E-state index contributed by atoms with van der Waals surface area (Å²) in [5, 5.41) is 0. The van der Waals surface area contributed by atoms with Gasteiger partial charge in [0.15, 0.2) is 0 Å². The summed E-state index contributed by atoms with van der Waals surface area (Å²) in [6, 6.07) is 16.2. The van der Waals surface area contributed by atoms with Crippen LogP contribution in [-0.2, 0) is 6.11 Å². The molecule has 0 saturated carbocycles. The Labute approximate surface area is 185 Å². The lowest BCUT2D eigenvalue weighted by molar-refractivity contribution is -0.189. The molecule has 168 valence electrons. The van der Waals surface area contributed by atoms with E-state index in [1.807, 2.05) is 19.1 Å². The van der Waals surface area contributed by atoms with Crippen LogP contribution in [0.5, 0.6) is 5.75 Å². The highest BCUT2D eigenvalue weighted by atomic mass is 19.3. The van der Waals surface area contributed by atoms with Crippen LogP contribution in [0, 0.1) is 30.2 Å². The number of aryl methyl sites for hydroxylation is 1. The van der Waals surface area contributed by atoms with Crippen molar-refractivity contribution in [3.8, 4) is 28.0 Å². The Morgan fingerprint density at radius 2 is 1.15 bits per heavy atom. The summed E-state index contributed by atoms with van der Waals surface area (Å²) in [5.41, 5.74) is 0.288. The lowest BCUT2D eigenvalue weighted by atomic mass is 9.98. The molecule has 0 fully saturated rings. The van der Waals surface area contributed by atoms with Crippen LogP contribution in [0.3, 0.4) is 0 Å². The Kier molecular flexibility index (Phi) is 5.89. The fraction of sp³-hybridized carbons (Fsp3) is 0.0769. The third-order valence-electron chi connectivity index (χ3n) is 5.06. The minimum absolute atomic E-state index is 0.155. The molecular weight excluding hydrogens is 442 g/mol. The molecule has 33 heavy (non-hydrogen) atoms. The first-order chi connectivity index (χ1) is 15.6. The third kappa shape index (κ3) is 4.72. The monoisotopic (exact) mass is 458 g/mol. The molecule has 0 atom stereocenters. The number of hydrogen-bond donors (Lipinski definition) is 0. The summed E-state index contributed by atoms with van der Waals surface area (Å²) in [7, 11) is 0. The summed E-state index contributed by atoms with van der Waals surface area (Å²) in [5.74, 6) is -5.17.